The molecule has 0 aliphatic rings. The van der Waals surface area contributed by atoms with Gasteiger partial charge >= 0.3 is 0 Å². The van der Waals surface area contributed by atoms with Crippen LogP contribution in [0.1, 0.15) is 18.9 Å². The summed E-state index contributed by atoms with van der Waals surface area (Å²) in [5.74, 6) is 0. The molecule has 0 bridgehead atoms. The molecule has 0 aliphatic carbocycles. The van der Waals surface area contributed by atoms with Crippen LogP contribution in [0, 0.1) is 11.3 Å². The van der Waals surface area contributed by atoms with Crippen molar-refractivity contribution in [2.24, 2.45) is 0 Å². The Bertz CT molecular complexity index is 330. The molecule has 1 unspecified atom stereocenters. The zero-order chi connectivity index (χ0) is 10.4. The highest BCUT2D eigenvalue weighted by Crippen LogP contribution is 2.15. The van der Waals surface area contributed by atoms with Crippen molar-refractivity contribution < 1.29 is 5.11 Å². The molecule has 0 heterocycles. The van der Waals surface area contributed by atoms with Gasteiger partial charge in [0.25, 0.3) is 0 Å². The Hall–Kier alpha value is -1.53. The average molecular weight is 190 g/mol. The van der Waals surface area contributed by atoms with Crippen LogP contribution in [-0.4, -0.2) is 17.8 Å². The Kier molecular flexibility index (Phi) is 3.96. The summed E-state index contributed by atoms with van der Waals surface area (Å²) in [7, 11) is 0. The van der Waals surface area contributed by atoms with Gasteiger partial charge in [0, 0.05) is 12.6 Å². The minimum absolute atomic E-state index is 0.156. The third-order valence-electron chi connectivity index (χ3n) is 2.01. The van der Waals surface area contributed by atoms with E-state index in [1.165, 1.54) is 0 Å². The molecule has 1 atom stereocenters. The van der Waals surface area contributed by atoms with E-state index in [9.17, 15) is 0 Å². The SMILES string of the molecule is CC(CCO)Nc1ccccc1C#N. The topological polar surface area (TPSA) is 56.0 Å². The lowest BCUT2D eigenvalue weighted by molar-refractivity contribution is 0.282. The van der Waals surface area contributed by atoms with Crippen LogP contribution in [0.5, 0.6) is 0 Å². The number of hydrogen-bond acceptors (Lipinski definition) is 3. The van der Waals surface area contributed by atoms with Crippen molar-refractivity contribution in [2.45, 2.75) is 19.4 Å². The average Bonchev–Trinajstić information content (AvgIpc) is 2.19. The second-order valence-corrected chi connectivity index (χ2v) is 3.22. The van der Waals surface area contributed by atoms with Crippen molar-refractivity contribution in [1.29, 1.82) is 5.26 Å². The maximum Gasteiger partial charge on any atom is 0.101 e. The van der Waals surface area contributed by atoms with Crippen LogP contribution in [0.4, 0.5) is 5.69 Å². The quantitative estimate of drug-likeness (QED) is 0.760. The Balaban J connectivity index is 2.71. The molecular weight excluding hydrogens is 176 g/mol. The second kappa shape index (κ2) is 5.25. The normalized spacial score (nSPS) is 11.8. The number of hydrogen-bond donors (Lipinski definition) is 2. The lowest BCUT2D eigenvalue weighted by Crippen LogP contribution is -2.17. The molecule has 0 amide bonds. The molecule has 0 saturated carbocycles. The highest BCUT2D eigenvalue weighted by Gasteiger charge is 2.04. The largest absolute Gasteiger partial charge is 0.396 e. The maximum atomic E-state index is 8.82. The minimum Gasteiger partial charge on any atom is -0.396 e. The zero-order valence-electron chi connectivity index (χ0n) is 8.20. The molecule has 1 rings (SSSR count). The van der Waals surface area contributed by atoms with Gasteiger partial charge in [0.15, 0.2) is 0 Å². The molecule has 0 aromatic heterocycles. The number of nitrogens with zero attached hydrogens (tertiary/aromatic N) is 1. The molecule has 2 N–H and O–H groups in total. The summed E-state index contributed by atoms with van der Waals surface area (Å²) in [6, 6.07) is 9.65. The zero-order valence-corrected chi connectivity index (χ0v) is 8.20. The van der Waals surface area contributed by atoms with E-state index in [-0.39, 0.29) is 12.6 Å². The Morgan fingerprint density at radius 1 is 1.50 bits per heavy atom. The van der Waals surface area contributed by atoms with Gasteiger partial charge in [-0.25, -0.2) is 0 Å². The molecule has 3 nitrogen and oxygen atoms in total. The molecule has 14 heavy (non-hydrogen) atoms. The maximum absolute atomic E-state index is 8.82. The summed E-state index contributed by atoms with van der Waals surface area (Å²) >= 11 is 0. The minimum atomic E-state index is 0.156. The van der Waals surface area contributed by atoms with Gasteiger partial charge in [0.05, 0.1) is 11.3 Å². The Labute approximate surface area is 84.0 Å². The molecule has 1 aromatic rings. The van der Waals surface area contributed by atoms with E-state index >= 15 is 0 Å². The highest BCUT2D eigenvalue weighted by molar-refractivity contribution is 5.57. The lowest BCUT2D eigenvalue weighted by atomic mass is 10.1. The molecule has 1 aromatic carbocycles. The van der Waals surface area contributed by atoms with Crippen LogP contribution in [0.15, 0.2) is 24.3 Å². The van der Waals surface area contributed by atoms with Crippen molar-refractivity contribution >= 4 is 5.69 Å². The summed E-state index contributed by atoms with van der Waals surface area (Å²) < 4.78 is 0. The number of para-hydroxylation sites is 1. The number of nitriles is 1. The summed E-state index contributed by atoms with van der Waals surface area (Å²) in [5, 5.41) is 20.7. The number of rotatable bonds is 4. The Morgan fingerprint density at radius 3 is 2.86 bits per heavy atom. The summed E-state index contributed by atoms with van der Waals surface area (Å²) in [6.07, 6.45) is 0.680. The van der Waals surface area contributed by atoms with E-state index in [2.05, 4.69) is 11.4 Å². The van der Waals surface area contributed by atoms with Crippen molar-refractivity contribution in [3.05, 3.63) is 29.8 Å². The fourth-order valence-corrected chi connectivity index (χ4v) is 1.24. The van der Waals surface area contributed by atoms with Crippen LogP contribution in [0.3, 0.4) is 0 Å². The first-order valence-electron chi connectivity index (χ1n) is 4.64. The standard InChI is InChI=1S/C11H14N2O/c1-9(6-7-14)13-11-5-3-2-4-10(11)8-12/h2-5,9,13-14H,6-7H2,1H3. The predicted octanol–water partition coefficient (Wildman–Crippen LogP) is 1.74. The van der Waals surface area contributed by atoms with Crippen molar-refractivity contribution in [3.8, 4) is 6.07 Å². The van der Waals surface area contributed by atoms with Crippen LogP contribution in [0.25, 0.3) is 0 Å². The number of nitrogens with one attached hydrogen (secondary N) is 1. The molecule has 3 heteroatoms. The summed E-state index contributed by atoms with van der Waals surface area (Å²) in [5.41, 5.74) is 1.47. The van der Waals surface area contributed by atoms with E-state index < -0.39 is 0 Å². The molecule has 0 aliphatic heterocycles. The van der Waals surface area contributed by atoms with E-state index in [4.69, 9.17) is 10.4 Å². The first-order chi connectivity index (χ1) is 6.77. The monoisotopic (exact) mass is 190 g/mol. The number of anilines is 1. The van der Waals surface area contributed by atoms with Crippen LogP contribution >= 0.6 is 0 Å². The highest BCUT2D eigenvalue weighted by atomic mass is 16.3. The predicted molar refractivity (Wildman–Crippen MR) is 55.9 cm³/mol. The summed E-state index contributed by atoms with van der Waals surface area (Å²) in [4.78, 5) is 0. The first kappa shape index (κ1) is 10.6. The van der Waals surface area contributed by atoms with Crippen LogP contribution < -0.4 is 5.32 Å². The number of aliphatic hydroxyl groups is 1. The van der Waals surface area contributed by atoms with Gasteiger partial charge in [-0.3, -0.25) is 0 Å². The molecule has 0 radical (unpaired) electrons. The van der Waals surface area contributed by atoms with Crippen LogP contribution in [0.2, 0.25) is 0 Å². The van der Waals surface area contributed by atoms with Crippen molar-refractivity contribution in [3.63, 3.8) is 0 Å². The van der Waals surface area contributed by atoms with E-state index in [1.54, 1.807) is 6.07 Å². The number of benzene rings is 1. The van der Waals surface area contributed by atoms with Gasteiger partial charge in [-0.15, -0.1) is 0 Å². The Morgan fingerprint density at radius 2 is 2.21 bits per heavy atom. The van der Waals surface area contributed by atoms with Gasteiger partial charge < -0.3 is 10.4 Å². The molecule has 0 fully saturated rings. The number of aliphatic hydroxyl groups excluding tert-OH is 1. The third kappa shape index (κ3) is 2.75. The van der Waals surface area contributed by atoms with Crippen LogP contribution in [-0.2, 0) is 0 Å². The van der Waals surface area contributed by atoms with Crippen molar-refractivity contribution in [1.82, 2.24) is 0 Å². The molecular formula is C11H14N2O. The third-order valence-corrected chi connectivity index (χ3v) is 2.01. The van der Waals surface area contributed by atoms with Gasteiger partial charge in [-0.05, 0) is 25.5 Å². The summed E-state index contributed by atoms with van der Waals surface area (Å²) in [6.45, 7) is 2.13. The van der Waals surface area contributed by atoms with Gasteiger partial charge in [-0.1, -0.05) is 12.1 Å². The second-order valence-electron chi connectivity index (χ2n) is 3.22. The van der Waals surface area contributed by atoms with Gasteiger partial charge in [0.2, 0.25) is 0 Å². The van der Waals surface area contributed by atoms with Gasteiger partial charge in [-0.2, -0.15) is 5.26 Å². The fraction of sp³-hybridized carbons (Fsp3) is 0.364. The van der Waals surface area contributed by atoms with E-state index in [0.717, 1.165) is 5.69 Å². The fourth-order valence-electron chi connectivity index (χ4n) is 1.24. The first-order valence-corrected chi connectivity index (χ1v) is 4.64. The smallest absolute Gasteiger partial charge is 0.101 e. The van der Waals surface area contributed by atoms with Crippen molar-refractivity contribution in [2.75, 3.05) is 11.9 Å². The van der Waals surface area contributed by atoms with E-state index in [0.29, 0.717) is 12.0 Å². The van der Waals surface area contributed by atoms with Gasteiger partial charge in [0.1, 0.15) is 6.07 Å². The molecule has 0 saturated heterocycles. The molecule has 0 spiro atoms. The van der Waals surface area contributed by atoms with E-state index in [1.807, 2.05) is 25.1 Å². The lowest BCUT2D eigenvalue weighted by Gasteiger charge is -2.14. The molecule has 74 valence electrons.